The van der Waals surface area contributed by atoms with Gasteiger partial charge in [-0.15, -0.1) is 10.2 Å². The zero-order chi connectivity index (χ0) is 24.5. The molecular weight excluding hydrogens is 452 g/mol. The maximum Gasteiger partial charge on any atom is 0.231 e. The zero-order valence-electron chi connectivity index (χ0n) is 19.2. The van der Waals surface area contributed by atoms with E-state index in [9.17, 15) is 9.50 Å². The lowest BCUT2D eigenvalue weighted by Crippen LogP contribution is -2.23. The van der Waals surface area contributed by atoms with E-state index >= 15 is 4.39 Å². The maximum absolute atomic E-state index is 15.4. The van der Waals surface area contributed by atoms with Crippen LogP contribution < -0.4 is 5.32 Å². The highest BCUT2D eigenvalue weighted by atomic mass is 19.1. The van der Waals surface area contributed by atoms with Gasteiger partial charge >= 0.3 is 0 Å². The number of oxazole rings is 1. The van der Waals surface area contributed by atoms with Crippen LogP contribution in [0, 0.1) is 11.6 Å². The van der Waals surface area contributed by atoms with E-state index in [2.05, 4.69) is 20.5 Å². The van der Waals surface area contributed by atoms with E-state index in [0.29, 0.717) is 35.6 Å². The van der Waals surface area contributed by atoms with Crippen molar-refractivity contribution in [1.29, 1.82) is 0 Å². The standard InChI is InChI=1S/C26H23F2N5O2/c1-15(34)12-29-13-16-10-20(28)24-21(11-16)31-26(35-24)23-19(27)9-8-18(17-6-4-3-5-7-17)22(23)25-32-30-14-33(25)2/h3-11,14-15,29,34H,12-13H2,1-2H3/t15-/m0/s1. The number of aliphatic hydroxyl groups excluding tert-OH is 1. The molecule has 2 aromatic heterocycles. The number of nitrogens with one attached hydrogen (secondary N) is 1. The third-order valence-electron chi connectivity index (χ3n) is 5.66. The molecule has 178 valence electrons. The topological polar surface area (TPSA) is 89.0 Å². The van der Waals surface area contributed by atoms with Crippen LogP contribution in [0.3, 0.4) is 0 Å². The van der Waals surface area contributed by atoms with E-state index in [1.807, 2.05) is 30.3 Å². The van der Waals surface area contributed by atoms with Gasteiger partial charge in [0.2, 0.25) is 5.89 Å². The van der Waals surface area contributed by atoms with Crippen LogP contribution in [-0.2, 0) is 13.6 Å². The lowest BCUT2D eigenvalue weighted by atomic mass is 9.94. The highest BCUT2D eigenvalue weighted by Gasteiger charge is 2.25. The van der Waals surface area contributed by atoms with Crippen LogP contribution in [0.25, 0.3) is 45.1 Å². The molecule has 0 aliphatic heterocycles. The van der Waals surface area contributed by atoms with Gasteiger partial charge in [-0.2, -0.15) is 0 Å². The first-order chi connectivity index (χ1) is 16.9. The van der Waals surface area contributed by atoms with Gasteiger partial charge in [-0.3, -0.25) is 0 Å². The fourth-order valence-corrected chi connectivity index (χ4v) is 4.07. The second-order valence-electron chi connectivity index (χ2n) is 8.40. The second kappa shape index (κ2) is 9.36. The van der Waals surface area contributed by atoms with Crippen LogP contribution >= 0.6 is 0 Å². The van der Waals surface area contributed by atoms with Crippen molar-refractivity contribution in [2.75, 3.05) is 6.54 Å². The largest absolute Gasteiger partial charge is 0.433 e. The number of hydrogen-bond acceptors (Lipinski definition) is 6. The van der Waals surface area contributed by atoms with Crippen molar-refractivity contribution in [3.05, 3.63) is 78.1 Å². The summed E-state index contributed by atoms with van der Waals surface area (Å²) < 4.78 is 37.8. The van der Waals surface area contributed by atoms with Crippen molar-refractivity contribution in [1.82, 2.24) is 25.1 Å². The van der Waals surface area contributed by atoms with Crippen LogP contribution in [0.5, 0.6) is 0 Å². The van der Waals surface area contributed by atoms with E-state index < -0.39 is 17.7 Å². The lowest BCUT2D eigenvalue weighted by molar-refractivity contribution is 0.191. The van der Waals surface area contributed by atoms with E-state index in [1.54, 1.807) is 30.7 Å². The molecule has 1 atom stereocenters. The van der Waals surface area contributed by atoms with Crippen molar-refractivity contribution in [3.63, 3.8) is 0 Å². The van der Waals surface area contributed by atoms with Crippen molar-refractivity contribution in [3.8, 4) is 34.0 Å². The number of nitrogens with zero attached hydrogens (tertiary/aromatic N) is 4. The van der Waals surface area contributed by atoms with Crippen molar-refractivity contribution >= 4 is 11.1 Å². The Bertz CT molecular complexity index is 1490. The minimum atomic E-state index is -0.602. The monoisotopic (exact) mass is 475 g/mol. The Balaban J connectivity index is 1.69. The number of hydrogen-bond donors (Lipinski definition) is 2. The van der Waals surface area contributed by atoms with Gasteiger partial charge in [0.1, 0.15) is 17.7 Å². The fourth-order valence-electron chi connectivity index (χ4n) is 4.07. The second-order valence-corrected chi connectivity index (χ2v) is 8.40. The van der Waals surface area contributed by atoms with Crippen LogP contribution in [0.4, 0.5) is 8.78 Å². The van der Waals surface area contributed by atoms with Crippen molar-refractivity contribution in [2.24, 2.45) is 7.05 Å². The molecule has 0 bridgehead atoms. The molecule has 0 aliphatic rings. The third-order valence-corrected chi connectivity index (χ3v) is 5.66. The molecule has 2 heterocycles. The van der Waals surface area contributed by atoms with Gasteiger partial charge in [-0.05, 0) is 41.8 Å². The highest BCUT2D eigenvalue weighted by Crippen LogP contribution is 2.41. The summed E-state index contributed by atoms with van der Waals surface area (Å²) in [6.45, 7) is 2.36. The number of fused-ring (bicyclic) bond motifs is 1. The summed E-state index contributed by atoms with van der Waals surface area (Å²) in [6.07, 6.45) is 0.998. The first-order valence-electron chi connectivity index (χ1n) is 11.1. The molecule has 0 saturated carbocycles. The third kappa shape index (κ3) is 4.43. The molecule has 0 unspecified atom stereocenters. The Labute approximate surface area is 200 Å². The maximum atomic E-state index is 15.4. The molecule has 0 saturated heterocycles. The molecule has 0 radical (unpaired) electrons. The van der Waals surface area contributed by atoms with Crippen LogP contribution in [0.2, 0.25) is 0 Å². The molecule has 9 heteroatoms. The fraction of sp³-hybridized carbons (Fsp3) is 0.192. The molecule has 0 amide bonds. The quantitative estimate of drug-likeness (QED) is 0.355. The molecular formula is C26H23F2N5O2. The molecule has 3 aromatic carbocycles. The summed E-state index contributed by atoms with van der Waals surface area (Å²) in [6, 6.07) is 15.5. The molecule has 7 nitrogen and oxygen atoms in total. The number of aliphatic hydroxyl groups is 1. The van der Waals surface area contributed by atoms with Gasteiger partial charge in [0.15, 0.2) is 17.2 Å². The molecule has 35 heavy (non-hydrogen) atoms. The van der Waals surface area contributed by atoms with Crippen LogP contribution in [0.15, 0.2) is 65.3 Å². The number of aromatic nitrogens is 4. The summed E-state index contributed by atoms with van der Waals surface area (Å²) in [5.74, 6) is -0.811. The molecule has 2 N–H and O–H groups in total. The van der Waals surface area contributed by atoms with Gasteiger partial charge in [-0.25, -0.2) is 13.8 Å². The van der Waals surface area contributed by atoms with Gasteiger partial charge in [0.05, 0.1) is 11.7 Å². The number of rotatable bonds is 7. The normalized spacial score (nSPS) is 12.4. The van der Waals surface area contributed by atoms with Gasteiger partial charge < -0.3 is 19.4 Å². The Morgan fingerprint density at radius 1 is 1.06 bits per heavy atom. The van der Waals surface area contributed by atoms with E-state index in [4.69, 9.17) is 4.42 Å². The molecule has 0 fully saturated rings. The Morgan fingerprint density at radius 2 is 1.86 bits per heavy atom. The van der Waals surface area contributed by atoms with Gasteiger partial charge in [0, 0.05) is 25.7 Å². The minimum absolute atomic E-state index is 0.0544. The number of halogens is 2. The van der Waals surface area contributed by atoms with Gasteiger partial charge in [0.25, 0.3) is 0 Å². The summed E-state index contributed by atoms with van der Waals surface area (Å²) in [5.41, 5.74) is 2.91. The Hall–Kier alpha value is -3.95. The number of benzene rings is 3. The molecule has 5 aromatic rings. The predicted molar refractivity (Wildman–Crippen MR) is 128 cm³/mol. The lowest BCUT2D eigenvalue weighted by Gasteiger charge is -2.14. The summed E-state index contributed by atoms with van der Waals surface area (Å²) in [5, 5.41) is 20.6. The molecule has 0 spiro atoms. The van der Waals surface area contributed by atoms with E-state index in [0.717, 1.165) is 5.56 Å². The molecule has 5 rings (SSSR count). The smallest absolute Gasteiger partial charge is 0.231 e. The van der Waals surface area contributed by atoms with E-state index in [1.165, 1.54) is 18.5 Å². The first kappa shape index (κ1) is 22.8. The number of aryl methyl sites for hydroxylation is 1. The average Bonchev–Trinajstić information content (AvgIpc) is 3.45. The Kier molecular flexibility index (Phi) is 6.10. The zero-order valence-corrected chi connectivity index (χ0v) is 19.2. The summed E-state index contributed by atoms with van der Waals surface area (Å²) >= 11 is 0. The SMILES string of the molecule is C[C@H](O)CNCc1cc(F)c2oc(-c3c(F)ccc(-c4ccccc4)c3-c3nncn3C)nc2c1. The van der Waals surface area contributed by atoms with E-state index in [-0.39, 0.29) is 22.6 Å². The molecule has 0 aliphatic carbocycles. The predicted octanol–water partition coefficient (Wildman–Crippen LogP) is 4.71. The van der Waals surface area contributed by atoms with Crippen LogP contribution in [0.1, 0.15) is 12.5 Å². The average molecular weight is 475 g/mol. The van der Waals surface area contributed by atoms with Crippen molar-refractivity contribution in [2.45, 2.75) is 19.6 Å². The van der Waals surface area contributed by atoms with Crippen LogP contribution in [-0.4, -0.2) is 37.5 Å². The van der Waals surface area contributed by atoms with Gasteiger partial charge in [-0.1, -0.05) is 36.4 Å². The minimum Gasteiger partial charge on any atom is -0.433 e. The highest BCUT2D eigenvalue weighted by molar-refractivity contribution is 5.92. The summed E-state index contributed by atoms with van der Waals surface area (Å²) in [7, 11) is 1.76. The van der Waals surface area contributed by atoms with Crippen molar-refractivity contribution < 1.29 is 18.3 Å². The summed E-state index contributed by atoms with van der Waals surface area (Å²) in [4.78, 5) is 4.46. The first-order valence-corrected chi connectivity index (χ1v) is 11.1. The Morgan fingerprint density at radius 3 is 2.57 bits per heavy atom.